The summed E-state index contributed by atoms with van der Waals surface area (Å²) in [6.07, 6.45) is 1.04. The lowest BCUT2D eigenvalue weighted by atomic mass is 10.1. The highest BCUT2D eigenvalue weighted by molar-refractivity contribution is 6.31. The van der Waals surface area contributed by atoms with Crippen molar-refractivity contribution in [3.8, 4) is 0 Å². The second kappa shape index (κ2) is 5.44. The first-order valence-corrected chi connectivity index (χ1v) is 6.50. The minimum atomic E-state index is 0.684. The standard InChI is InChI=1S/C14H18ClN3/c1-4-11-6-5-7-12(8-11)16-9-13-14(15)10(2)17-18(13)3/h5-8,16H,4,9H2,1-3H3. The van der Waals surface area contributed by atoms with Crippen molar-refractivity contribution in [1.29, 1.82) is 0 Å². The summed E-state index contributed by atoms with van der Waals surface area (Å²) in [5, 5.41) is 8.43. The van der Waals surface area contributed by atoms with Gasteiger partial charge < -0.3 is 5.32 Å². The summed E-state index contributed by atoms with van der Waals surface area (Å²) in [7, 11) is 1.92. The molecule has 1 aromatic carbocycles. The largest absolute Gasteiger partial charge is 0.379 e. The molecule has 96 valence electrons. The van der Waals surface area contributed by atoms with Crippen LogP contribution in [-0.2, 0) is 20.0 Å². The molecule has 4 heteroatoms. The minimum Gasteiger partial charge on any atom is -0.379 e. The third-order valence-corrected chi connectivity index (χ3v) is 3.55. The lowest BCUT2D eigenvalue weighted by Gasteiger charge is -2.08. The molecule has 0 unspecified atom stereocenters. The highest BCUT2D eigenvalue weighted by Gasteiger charge is 2.10. The fraction of sp³-hybridized carbons (Fsp3) is 0.357. The minimum absolute atomic E-state index is 0.684. The maximum atomic E-state index is 6.22. The van der Waals surface area contributed by atoms with Gasteiger partial charge in [0.2, 0.25) is 0 Å². The number of hydrogen-bond donors (Lipinski definition) is 1. The van der Waals surface area contributed by atoms with Gasteiger partial charge >= 0.3 is 0 Å². The number of aromatic nitrogens is 2. The topological polar surface area (TPSA) is 29.9 Å². The van der Waals surface area contributed by atoms with Crippen molar-refractivity contribution in [2.75, 3.05) is 5.32 Å². The Balaban J connectivity index is 2.11. The van der Waals surface area contributed by atoms with E-state index in [1.165, 1.54) is 5.56 Å². The molecule has 0 bridgehead atoms. The van der Waals surface area contributed by atoms with E-state index in [-0.39, 0.29) is 0 Å². The molecule has 0 atom stereocenters. The Bertz CT molecular complexity index is 546. The van der Waals surface area contributed by atoms with Gasteiger partial charge in [0.05, 0.1) is 23.0 Å². The van der Waals surface area contributed by atoms with Crippen molar-refractivity contribution in [3.05, 3.63) is 46.2 Å². The Kier molecular flexibility index (Phi) is 3.92. The zero-order chi connectivity index (χ0) is 13.1. The van der Waals surface area contributed by atoms with Crippen LogP contribution in [0.1, 0.15) is 23.9 Å². The number of anilines is 1. The lowest BCUT2D eigenvalue weighted by molar-refractivity contribution is 0.713. The third kappa shape index (κ3) is 2.67. The molecule has 0 spiro atoms. The number of nitrogens with zero attached hydrogens (tertiary/aromatic N) is 2. The molecule has 0 aliphatic heterocycles. The van der Waals surface area contributed by atoms with Gasteiger partial charge in [0.25, 0.3) is 0 Å². The lowest BCUT2D eigenvalue weighted by Crippen LogP contribution is -2.06. The predicted octanol–water partition coefficient (Wildman–Crippen LogP) is 3.56. The van der Waals surface area contributed by atoms with Crippen molar-refractivity contribution in [2.24, 2.45) is 7.05 Å². The van der Waals surface area contributed by atoms with Crippen molar-refractivity contribution in [1.82, 2.24) is 9.78 Å². The van der Waals surface area contributed by atoms with E-state index in [1.54, 1.807) is 0 Å². The Morgan fingerprint density at radius 1 is 1.39 bits per heavy atom. The summed E-state index contributed by atoms with van der Waals surface area (Å²) in [4.78, 5) is 0. The van der Waals surface area contributed by atoms with Gasteiger partial charge in [-0.3, -0.25) is 4.68 Å². The quantitative estimate of drug-likeness (QED) is 0.914. The average molecular weight is 264 g/mol. The summed E-state index contributed by atoms with van der Waals surface area (Å²) in [5.41, 5.74) is 4.32. The van der Waals surface area contributed by atoms with Crippen LogP contribution in [0.4, 0.5) is 5.69 Å². The van der Waals surface area contributed by atoms with E-state index >= 15 is 0 Å². The normalized spacial score (nSPS) is 10.7. The number of rotatable bonds is 4. The Labute approximate surface area is 113 Å². The molecule has 3 nitrogen and oxygen atoms in total. The van der Waals surface area contributed by atoms with Crippen molar-refractivity contribution in [3.63, 3.8) is 0 Å². The van der Waals surface area contributed by atoms with Crippen LogP contribution >= 0.6 is 11.6 Å². The first kappa shape index (κ1) is 13.0. The number of benzene rings is 1. The fourth-order valence-electron chi connectivity index (χ4n) is 1.96. The monoisotopic (exact) mass is 263 g/mol. The van der Waals surface area contributed by atoms with E-state index < -0.39 is 0 Å². The van der Waals surface area contributed by atoms with Crippen LogP contribution in [0.2, 0.25) is 5.02 Å². The van der Waals surface area contributed by atoms with Crippen molar-refractivity contribution >= 4 is 17.3 Å². The highest BCUT2D eigenvalue weighted by Crippen LogP contribution is 2.21. The molecular weight excluding hydrogens is 246 g/mol. The van der Waals surface area contributed by atoms with Gasteiger partial charge in [-0.2, -0.15) is 5.10 Å². The summed E-state index contributed by atoms with van der Waals surface area (Å²) in [5.74, 6) is 0. The summed E-state index contributed by atoms with van der Waals surface area (Å²) in [6.45, 7) is 4.76. The highest BCUT2D eigenvalue weighted by atomic mass is 35.5. The van der Waals surface area contributed by atoms with Gasteiger partial charge in [0, 0.05) is 12.7 Å². The smallest absolute Gasteiger partial charge is 0.0865 e. The van der Waals surface area contributed by atoms with Crippen LogP contribution in [0, 0.1) is 6.92 Å². The number of hydrogen-bond acceptors (Lipinski definition) is 2. The number of aryl methyl sites for hydroxylation is 3. The maximum absolute atomic E-state index is 6.22. The Hall–Kier alpha value is -1.48. The molecule has 0 saturated heterocycles. The summed E-state index contributed by atoms with van der Waals surface area (Å²) >= 11 is 6.22. The van der Waals surface area contributed by atoms with Crippen molar-refractivity contribution in [2.45, 2.75) is 26.8 Å². The van der Waals surface area contributed by atoms with Crippen LogP contribution in [-0.4, -0.2) is 9.78 Å². The molecule has 0 fully saturated rings. The van der Waals surface area contributed by atoms with E-state index in [9.17, 15) is 0 Å². The molecule has 1 aromatic heterocycles. The van der Waals surface area contributed by atoms with E-state index in [4.69, 9.17) is 11.6 Å². The summed E-state index contributed by atoms with van der Waals surface area (Å²) in [6, 6.07) is 8.43. The van der Waals surface area contributed by atoms with Crippen LogP contribution in [0.5, 0.6) is 0 Å². The van der Waals surface area contributed by atoms with Gasteiger partial charge in [0.1, 0.15) is 0 Å². The molecule has 0 aliphatic rings. The third-order valence-electron chi connectivity index (χ3n) is 3.06. The van der Waals surface area contributed by atoms with Gasteiger partial charge in [-0.15, -0.1) is 0 Å². The molecule has 2 aromatic rings. The van der Waals surface area contributed by atoms with E-state index in [0.29, 0.717) is 6.54 Å². The second-order valence-corrected chi connectivity index (χ2v) is 4.76. The molecule has 2 rings (SSSR count). The number of halogens is 1. The van der Waals surface area contributed by atoms with E-state index in [1.807, 2.05) is 18.7 Å². The molecule has 0 saturated carbocycles. The predicted molar refractivity (Wildman–Crippen MR) is 76.1 cm³/mol. The molecule has 0 radical (unpaired) electrons. The van der Waals surface area contributed by atoms with E-state index in [2.05, 4.69) is 41.6 Å². The zero-order valence-electron chi connectivity index (χ0n) is 11.0. The van der Waals surface area contributed by atoms with E-state index in [0.717, 1.165) is 28.5 Å². The maximum Gasteiger partial charge on any atom is 0.0865 e. The molecule has 0 aliphatic carbocycles. The average Bonchev–Trinajstić information content (AvgIpc) is 2.61. The molecule has 1 heterocycles. The first-order chi connectivity index (χ1) is 8.61. The van der Waals surface area contributed by atoms with Crippen molar-refractivity contribution < 1.29 is 0 Å². The van der Waals surface area contributed by atoms with Gasteiger partial charge in [0.15, 0.2) is 0 Å². The number of nitrogens with one attached hydrogen (secondary N) is 1. The molecule has 18 heavy (non-hydrogen) atoms. The van der Waals surface area contributed by atoms with Crippen LogP contribution in [0.15, 0.2) is 24.3 Å². The molecule has 0 amide bonds. The fourth-order valence-corrected chi connectivity index (χ4v) is 2.19. The first-order valence-electron chi connectivity index (χ1n) is 6.12. The zero-order valence-corrected chi connectivity index (χ0v) is 11.8. The Morgan fingerprint density at radius 2 is 2.17 bits per heavy atom. The van der Waals surface area contributed by atoms with Crippen LogP contribution in [0.3, 0.4) is 0 Å². The van der Waals surface area contributed by atoms with Gasteiger partial charge in [-0.1, -0.05) is 30.7 Å². The summed E-state index contributed by atoms with van der Waals surface area (Å²) < 4.78 is 1.83. The van der Waals surface area contributed by atoms with Crippen LogP contribution < -0.4 is 5.32 Å². The van der Waals surface area contributed by atoms with Gasteiger partial charge in [-0.25, -0.2) is 0 Å². The molecule has 1 N–H and O–H groups in total. The SMILES string of the molecule is CCc1cccc(NCc2c(Cl)c(C)nn2C)c1. The second-order valence-electron chi connectivity index (χ2n) is 4.38. The van der Waals surface area contributed by atoms with Crippen LogP contribution in [0.25, 0.3) is 0 Å². The molecular formula is C14H18ClN3. The van der Waals surface area contributed by atoms with Gasteiger partial charge in [-0.05, 0) is 31.0 Å². The Morgan fingerprint density at radius 3 is 2.78 bits per heavy atom.